The Bertz CT molecular complexity index is 527. The summed E-state index contributed by atoms with van der Waals surface area (Å²) in [5.74, 6) is 0.149. The average molecular weight is 358 g/mol. The summed E-state index contributed by atoms with van der Waals surface area (Å²) < 4.78 is 13.4. The van der Waals surface area contributed by atoms with Crippen LogP contribution in [0, 0.1) is 11.7 Å². The molecule has 1 aliphatic carbocycles. The van der Waals surface area contributed by atoms with Crippen molar-refractivity contribution in [1.29, 1.82) is 0 Å². The van der Waals surface area contributed by atoms with Crippen molar-refractivity contribution in [2.45, 2.75) is 38.3 Å². The van der Waals surface area contributed by atoms with Crippen LogP contribution in [0.4, 0.5) is 4.39 Å². The molecule has 0 bridgehead atoms. The molecule has 2 N–H and O–H groups in total. The maximum absolute atomic E-state index is 13.4. The molecule has 1 aromatic carbocycles. The van der Waals surface area contributed by atoms with Crippen LogP contribution in [0.5, 0.6) is 0 Å². The number of benzene rings is 1. The van der Waals surface area contributed by atoms with Crippen molar-refractivity contribution >= 4 is 18.3 Å². The summed E-state index contributed by atoms with van der Waals surface area (Å²) in [7, 11) is 3.97. The Hall–Kier alpha value is -1.17. The number of carbonyl (C=O) groups is 1. The molecule has 0 heterocycles. The number of hydrogen-bond acceptors (Lipinski definition) is 3. The third-order valence-corrected chi connectivity index (χ3v) is 4.59. The minimum Gasteiger partial charge on any atom is -0.337 e. The van der Waals surface area contributed by atoms with Crippen LogP contribution in [-0.2, 0) is 11.3 Å². The van der Waals surface area contributed by atoms with E-state index in [2.05, 4.69) is 0 Å². The van der Waals surface area contributed by atoms with Crippen LogP contribution in [0.1, 0.15) is 31.2 Å². The number of amides is 1. The van der Waals surface area contributed by atoms with Gasteiger partial charge in [0.25, 0.3) is 0 Å². The summed E-state index contributed by atoms with van der Waals surface area (Å²) in [4.78, 5) is 16.6. The number of likely N-dealkylation sites (N-methyl/N-ethyl adjacent to an activating group) is 1. The van der Waals surface area contributed by atoms with Gasteiger partial charge in [0.05, 0.1) is 0 Å². The van der Waals surface area contributed by atoms with Crippen LogP contribution in [-0.4, -0.2) is 48.9 Å². The van der Waals surface area contributed by atoms with Crippen LogP contribution < -0.4 is 5.73 Å². The number of carbonyl (C=O) groups excluding carboxylic acids is 1. The summed E-state index contributed by atoms with van der Waals surface area (Å²) in [5.41, 5.74) is 6.92. The maximum atomic E-state index is 13.4. The lowest BCUT2D eigenvalue weighted by molar-refractivity contribution is -0.133. The third kappa shape index (κ3) is 6.38. The fourth-order valence-electron chi connectivity index (χ4n) is 3.14. The van der Waals surface area contributed by atoms with Gasteiger partial charge < -0.3 is 15.5 Å². The van der Waals surface area contributed by atoms with Crippen molar-refractivity contribution in [3.05, 3.63) is 35.6 Å². The highest BCUT2D eigenvalue weighted by Gasteiger charge is 2.28. The minimum atomic E-state index is -0.264. The molecule has 0 saturated heterocycles. The lowest BCUT2D eigenvalue weighted by atomic mass is 9.99. The summed E-state index contributed by atoms with van der Waals surface area (Å²) in [6.07, 6.45) is 3.67. The van der Waals surface area contributed by atoms with Crippen molar-refractivity contribution in [2.24, 2.45) is 11.7 Å². The van der Waals surface area contributed by atoms with E-state index in [0.29, 0.717) is 19.5 Å². The number of hydrogen-bond donors (Lipinski definition) is 1. The summed E-state index contributed by atoms with van der Waals surface area (Å²) >= 11 is 0. The first-order valence-corrected chi connectivity index (χ1v) is 8.38. The van der Waals surface area contributed by atoms with E-state index >= 15 is 0 Å². The van der Waals surface area contributed by atoms with Crippen LogP contribution in [0.15, 0.2) is 24.3 Å². The molecule has 0 radical (unpaired) electrons. The monoisotopic (exact) mass is 357 g/mol. The molecular formula is C18H29ClFN3O. The maximum Gasteiger partial charge on any atom is 0.223 e. The van der Waals surface area contributed by atoms with Gasteiger partial charge in [-0.2, -0.15) is 0 Å². The predicted molar refractivity (Wildman–Crippen MR) is 97.6 cm³/mol. The lowest BCUT2D eigenvalue weighted by Crippen LogP contribution is -2.38. The van der Waals surface area contributed by atoms with Gasteiger partial charge >= 0.3 is 0 Å². The molecule has 0 aromatic heterocycles. The highest BCUT2D eigenvalue weighted by molar-refractivity contribution is 5.85. The van der Waals surface area contributed by atoms with E-state index < -0.39 is 0 Å². The van der Waals surface area contributed by atoms with E-state index in [9.17, 15) is 9.18 Å². The molecule has 2 rings (SSSR count). The molecule has 2 atom stereocenters. The van der Waals surface area contributed by atoms with Crippen LogP contribution in [0.2, 0.25) is 0 Å². The molecule has 136 valence electrons. The van der Waals surface area contributed by atoms with Crippen molar-refractivity contribution in [1.82, 2.24) is 9.80 Å². The molecule has 1 aliphatic rings. The topological polar surface area (TPSA) is 49.6 Å². The van der Waals surface area contributed by atoms with E-state index in [1.165, 1.54) is 12.1 Å². The van der Waals surface area contributed by atoms with Gasteiger partial charge in [0.1, 0.15) is 5.82 Å². The second-order valence-electron chi connectivity index (χ2n) is 6.81. The Morgan fingerprint density at radius 3 is 2.62 bits per heavy atom. The standard InChI is InChI=1S/C18H28FN3O.ClH/c1-21(2)9-10-22(13-14-5-3-7-16(19)11-14)18(23)12-15-6-4-8-17(15)20;/h3,5,7,11,15,17H,4,6,8-10,12-13,20H2,1-2H3;1H/t15-,17+;/m0./s1. The zero-order valence-corrected chi connectivity index (χ0v) is 15.4. The normalized spacial score (nSPS) is 20.0. The molecule has 0 spiro atoms. The summed E-state index contributed by atoms with van der Waals surface area (Å²) in [5, 5.41) is 0. The zero-order chi connectivity index (χ0) is 16.8. The SMILES string of the molecule is CN(C)CCN(Cc1cccc(F)c1)C(=O)C[C@@H]1CCC[C@H]1N.Cl. The average Bonchev–Trinajstić information content (AvgIpc) is 2.88. The largest absolute Gasteiger partial charge is 0.337 e. The second kappa shape index (κ2) is 9.97. The first kappa shape index (κ1) is 20.9. The summed E-state index contributed by atoms with van der Waals surface area (Å²) in [6, 6.07) is 6.61. The fraction of sp³-hybridized carbons (Fsp3) is 0.611. The Balaban J connectivity index is 0.00000288. The van der Waals surface area contributed by atoms with Gasteiger partial charge in [-0.05, 0) is 50.6 Å². The van der Waals surface area contributed by atoms with Gasteiger partial charge in [-0.3, -0.25) is 4.79 Å². The third-order valence-electron chi connectivity index (χ3n) is 4.59. The Kier molecular flexibility index (Phi) is 8.67. The van der Waals surface area contributed by atoms with E-state index in [-0.39, 0.29) is 36.1 Å². The van der Waals surface area contributed by atoms with Gasteiger partial charge in [0.2, 0.25) is 5.91 Å². The van der Waals surface area contributed by atoms with E-state index in [1.807, 2.05) is 30.0 Å². The van der Waals surface area contributed by atoms with E-state index in [0.717, 1.165) is 31.4 Å². The first-order chi connectivity index (χ1) is 11.0. The molecule has 0 unspecified atom stereocenters. The van der Waals surface area contributed by atoms with Crippen LogP contribution >= 0.6 is 12.4 Å². The lowest BCUT2D eigenvalue weighted by Gasteiger charge is -2.26. The molecule has 1 saturated carbocycles. The fourth-order valence-corrected chi connectivity index (χ4v) is 3.14. The highest BCUT2D eigenvalue weighted by atomic mass is 35.5. The molecular weight excluding hydrogens is 329 g/mol. The Morgan fingerprint density at radius 2 is 2.04 bits per heavy atom. The van der Waals surface area contributed by atoms with Gasteiger partial charge in [-0.15, -0.1) is 12.4 Å². The van der Waals surface area contributed by atoms with Gasteiger partial charge in [-0.1, -0.05) is 18.6 Å². The summed E-state index contributed by atoms with van der Waals surface area (Å²) in [6.45, 7) is 1.88. The minimum absolute atomic E-state index is 0. The quantitative estimate of drug-likeness (QED) is 0.816. The van der Waals surface area contributed by atoms with Gasteiger partial charge in [-0.25, -0.2) is 4.39 Å². The predicted octanol–water partition coefficient (Wildman–Crippen LogP) is 2.66. The molecule has 24 heavy (non-hydrogen) atoms. The Morgan fingerprint density at radius 1 is 1.29 bits per heavy atom. The van der Waals surface area contributed by atoms with Gasteiger partial charge in [0.15, 0.2) is 0 Å². The number of nitrogens with zero attached hydrogens (tertiary/aromatic N) is 2. The molecule has 1 amide bonds. The smallest absolute Gasteiger partial charge is 0.223 e. The van der Waals surface area contributed by atoms with Crippen LogP contribution in [0.3, 0.4) is 0 Å². The van der Waals surface area contributed by atoms with Gasteiger partial charge in [0, 0.05) is 32.1 Å². The van der Waals surface area contributed by atoms with E-state index in [4.69, 9.17) is 5.73 Å². The second-order valence-corrected chi connectivity index (χ2v) is 6.81. The van der Waals surface area contributed by atoms with Crippen molar-refractivity contribution in [3.63, 3.8) is 0 Å². The Labute approximate surface area is 150 Å². The van der Waals surface area contributed by atoms with Crippen molar-refractivity contribution in [3.8, 4) is 0 Å². The molecule has 1 aromatic rings. The molecule has 0 aliphatic heterocycles. The van der Waals surface area contributed by atoms with Crippen LogP contribution in [0.25, 0.3) is 0 Å². The molecule has 4 nitrogen and oxygen atoms in total. The number of nitrogens with two attached hydrogens (primary N) is 1. The number of rotatable bonds is 7. The van der Waals surface area contributed by atoms with Crippen molar-refractivity contribution in [2.75, 3.05) is 27.2 Å². The highest BCUT2D eigenvalue weighted by Crippen LogP contribution is 2.27. The number of halogens is 2. The molecule has 6 heteroatoms. The zero-order valence-electron chi connectivity index (χ0n) is 14.6. The van der Waals surface area contributed by atoms with E-state index in [1.54, 1.807) is 6.07 Å². The van der Waals surface area contributed by atoms with Crippen molar-refractivity contribution < 1.29 is 9.18 Å². The first-order valence-electron chi connectivity index (χ1n) is 8.38. The molecule has 1 fully saturated rings.